The molecule has 0 unspecified atom stereocenters. The predicted octanol–water partition coefficient (Wildman–Crippen LogP) is 5.79. The van der Waals surface area contributed by atoms with E-state index in [0.717, 1.165) is 32.9 Å². The number of hydrogen-bond donors (Lipinski definition) is 0. The van der Waals surface area contributed by atoms with Crippen LogP contribution in [0.25, 0.3) is 38.8 Å². The maximum absolute atomic E-state index is 14.0. The van der Waals surface area contributed by atoms with Gasteiger partial charge in [-0.05, 0) is 41.6 Å². The third kappa shape index (κ3) is 3.61. The Bertz CT molecular complexity index is 1510. The molecule has 0 bridgehead atoms. The summed E-state index contributed by atoms with van der Waals surface area (Å²) in [6.07, 6.45) is -0.888. The monoisotopic (exact) mass is 445 g/mol. The molecule has 5 rings (SSSR count). The molecule has 0 radical (unpaired) electrons. The molecule has 2 aromatic heterocycles. The minimum Gasteiger partial charge on any atom is -0.226 e. The summed E-state index contributed by atoms with van der Waals surface area (Å²) in [4.78, 5) is 4.55. The summed E-state index contributed by atoms with van der Waals surface area (Å²) in [6.45, 7) is 3.75. The number of nitrogens with zero attached hydrogens (tertiary/aromatic N) is 3. The van der Waals surface area contributed by atoms with Gasteiger partial charge in [-0.15, -0.1) is 0 Å². The number of aryl methyl sites for hydroxylation is 2. The first kappa shape index (κ1) is 21.1. The SMILES string of the molecule is Cc1c(-c2ncc3ccccc3[n+]2C)cc(C(F)(F)F)cc1-[n+]1cc2ccccc2cc1C. The number of fused-ring (bicyclic) bond motifs is 2. The highest BCUT2D eigenvalue weighted by atomic mass is 19.4. The van der Waals surface area contributed by atoms with E-state index in [0.29, 0.717) is 17.1 Å². The van der Waals surface area contributed by atoms with Crippen molar-refractivity contribution in [3.05, 3.63) is 95.9 Å². The van der Waals surface area contributed by atoms with E-state index >= 15 is 0 Å². The minimum atomic E-state index is -4.49. The Kier molecular flexibility index (Phi) is 4.89. The molecule has 0 fully saturated rings. The molecule has 3 aromatic carbocycles. The quantitative estimate of drug-likeness (QED) is 0.315. The molecule has 0 amide bonds. The third-order valence-electron chi connectivity index (χ3n) is 6.16. The average Bonchev–Trinajstić information content (AvgIpc) is 2.79. The van der Waals surface area contributed by atoms with Gasteiger partial charge in [-0.2, -0.15) is 17.7 Å². The first-order chi connectivity index (χ1) is 15.7. The number of alkyl halides is 3. The lowest BCUT2D eigenvalue weighted by atomic mass is 10.00. The standard InChI is InChI=1S/C27H22F3N3/c1-17-12-19-8-4-5-10-21(19)16-33(17)25-14-22(27(28,29)30)13-23(18(25)2)26-31-15-20-9-6-7-11-24(20)32(26)3/h4-16H,1-3H3/q+2. The Morgan fingerprint density at radius 3 is 2.21 bits per heavy atom. The van der Waals surface area contributed by atoms with Gasteiger partial charge in [-0.3, -0.25) is 0 Å². The Hall–Kier alpha value is -3.80. The van der Waals surface area contributed by atoms with Gasteiger partial charge in [0.05, 0.1) is 23.6 Å². The topological polar surface area (TPSA) is 20.6 Å². The number of rotatable bonds is 2. The summed E-state index contributed by atoms with van der Waals surface area (Å²) in [5.41, 5.74) is 2.71. The number of halogens is 3. The molecule has 0 aliphatic heterocycles. The molecule has 0 aliphatic rings. The van der Waals surface area contributed by atoms with Crippen molar-refractivity contribution in [3.8, 4) is 17.1 Å². The maximum atomic E-state index is 14.0. The fourth-order valence-electron chi connectivity index (χ4n) is 4.38. The number of benzene rings is 3. The van der Waals surface area contributed by atoms with Gasteiger partial charge in [-0.1, -0.05) is 30.3 Å². The van der Waals surface area contributed by atoms with E-state index in [2.05, 4.69) is 4.98 Å². The molecule has 164 valence electrons. The van der Waals surface area contributed by atoms with E-state index in [1.807, 2.05) is 90.8 Å². The molecule has 0 aliphatic carbocycles. The van der Waals surface area contributed by atoms with Gasteiger partial charge in [-0.25, -0.2) is 4.57 Å². The molecule has 2 heterocycles. The van der Waals surface area contributed by atoms with E-state index in [1.165, 1.54) is 12.1 Å². The zero-order valence-electron chi connectivity index (χ0n) is 18.5. The number of pyridine rings is 1. The zero-order valence-corrected chi connectivity index (χ0v) is 18.5. The summed E-state index contributed by atoms with van der Waals surface area (Å²) < 4.78 is 45.6. The van der Waals surface area contributed by atoms with Crippen LogP contribution in [-0.4, -0.2) is 4.98 Å². The van der Waals surface area contributed by atoms with Crippen LogP contribution in [0.2, 0.25) is 0 Å². The van der Waals surface area contributed by atoms with Crippen molar-refractivity contribution in [2.75, 3.05) is 0 Å². The Morgan fingerprint density at radius 2 is 1.48 bits per heavy atom. The van der Waals surface area contributed by atoms with Crippen LogP contribution in [0.5, 0.6) is 0 Å². The van der Waals surface area contributed by atoms with Gasteiger partial charge >= 0.3 is 12.0 Å². The van der Waals surface area contributed by atoms with Crippen molar-refractivity contribution in [3.63, 3.8) is 0 Å². The van der Waals surface area contributed by atoms with Crippen LogP contribution in [-0.2, 0) is 13.2 Å². The fourth-order valence-corrected chi connectivity index (χ4v) is 4.38. The van der Waals surface area contributed by atoms with E-state index < -0.39 is 11.7 Å². The van der Waals surface area contributed by atoms with Crippen LogP contribution in [0.4, 0.5) is 13.2 Å². The first-order valence-corrected chi connectivity index (χ1v) is 10.6. The summed E-state index contributed by atoms with van der Waals surface area (Å²) in [5.74, 6) is 0.484. The average molecular weight is 445 g/mol. The molecule has 6 heteroatoms. The van der Waals surface area contributed by atoms with Crippen LogP contribution in [0.1, 0.15) is 16.8 Å². The van der Waals surface area contributed by atoms with Crippen LogP contribution in [0.3, 0.4) is 0 Å². The lowest BCUT2D eigenvalue weighted by Gasteiger charge is -2.13. The van der Waals surface area contributed by atoms with E-state index in [1.54, 1.807) is 6.20 Å². The van der Waals surface area contributed by atoms with Crippen LogP contribution in [0.15, 0.2) is 79.1 Å². The van der Waals surface area contributed by atoms with Crippen molar-refractivity contribution < 1.29 is 22.3 Å². The summed E-state index contributed by atoms with van der Waals surface area (Å²) >= 11 is 0. The van der Waals surface area contributed by atoms with E-state index in [-0.39, 0.29) is 0 Å². The molecule has 0 N–H and O–H groups in total. The van der Waals surface area contributed by atoms with Crippen LogP contribution < -0.4 is 9.13 Å². The Labute approximate surface area is 189 Å². The van der Waals surface area contributed by atoms with Crippen molar-refractivity contribution in [2.24, 2.45) is 7.05 Å². The molecule has 5 aromatic rings. The summed E-state index contributed by atoms with van der Waals surface area (Å²) in [7, 11) is 1.83. The third-order valence-corrected chi connectivity index (χ3v) is 6.16. The highest BCUT2D eigenvalue weighted by Crippen LogP contribution is 2.35. The summed E-state index contributed by atoms with van der Waals surface area (Å²) in [5, 5.41) is 2.92. The first-order valence-electron chi connectivity index (χ1n) is 10.6. The van der Waals surface area contributed by atoms with Crippen molar-refractivity contribution in [1.82, 2.24) is 4.98 Å². The molecule has 33 heavy (non-hydrogen) atoms. The van der Waals surface area contributed by atoms with E-state index in [9.17, 15) is 13.2 Å². The number of aromatic nitrogens is 3. The highest BCUT2D eigenvalue weighted by Gasteiger charge is 2.35. The van der Waals surface area contributed by atoms with Crippen molar-refractivity contribution in [2.45, 2.75) is 20.0 Å². The molecule has 0 saturated heterocycles. The van der Waals surface area contributed by atoms with Gasteiger partial charge in [0.25, 0.3) is 0 Å². The second-order valence-electron chi connectivity index (χ2n) is 8.28. The molecular formula is C27H22F3N3+2. The second-order valence-corrected chi connectivity index (χ2v) is 8.28. The largest absolute Gasteiger partial charge is 0.416 e. The molecule has 0 spiro atoms. The van der Waals surface area contributed by atoms with Crippen molar-refractivity contribution >= 4 is 21.7 Å². The molecule has 0 saturated carbocycles. The lowest BCUT2D eigenvalue weighted by molar-refractivity contribution is -0.636. The molecule has 0 atom stereocenters. The van der Waals surface area contributed by atoms with Gasteiger partial charge in [0.15, 0.2) is 18.1 Å². The number of hydrogen-bond acceptors (Lipinski definition) is 1. The van der Waals surface area contributed by atoms with Gasteiger partial charge in [0.2, 0.25) is 5.69 Å². The van der Waals surface area contributed by atoms with Gasteiger partial charge in [0, 0.05) is 30.0 Å². The fraction of sp³-hybridized carbons (Fsp3) is 0.148. The normalized spacial score (nSPS) is 11.9. The minimum absolute atomic E-state index is 0.452. The lowest BCUT2D eigenvalue weighted by Crippen LogP contribution is -2.37. The predicted molar refractivity (Wildman–Crippen MR) is 122 cm³/mol. The Morgan fingerprint density at radius 1 is 0.818 bits per heavy atom. The molecular weight excluding hydrogens is 423 g/mol. The zero-order chi connectivity index (χ0) is 23.3. The molecule has 3 nitrogen and oxygen atoms in total. The maximum Gasteiger partial charge on any atom is 0.416 e. The highest BCUT2D eigenvalue weighted by molar-refractivity contribution is 5.81. The second kappa shape index (κ2) is 7.66. The summed E-state index contributed by atoms with van der Waals surface area (Å²) in [6, 6.07) is 19.9. The van der Waals surface area contributed by atoms with Crippen LogP contribution >= 0.6 is 0 Å². The van der Waals surface area contributed by atoms with Crippen LogP contribution in [0, 0.1) is 13.8 Å². The van der Waals surface area contributed by atoms with Gasteiger partial charge in [0.1, 0.15) is 5.52 Å². The smallest absolute Gasteiger partial charge is 0.226 e. The number of para-hydroxylation sites is 1. The van der Waals surface area contributed by atoms with Crippen molar-refractivity contribution in [1.29, 1.82) is 0 Å². The van der Waals surface area contributed by atoms with E-state index in [4.69, 9.17) is 0 Å². The van der Waals surface area contributed by atoms with Gasteiger partial charge < -0.3 is 0 Å². The Balaban J connectivity index is 1.82.